The van der Waals surface area contributed by atoms with E-state index in [2.05, 4.69) is 22.4 Å². The second-order valence-corrected chi connectivity index (χ2v) is 6.09. The second kappa shape index (κ2) is 4.65. The Hall–Kier alpha value is -1.77. The van der Waals surface area contributed by atoms with Crippen LogP contribution < -0.4 is 10.1 Å². The molecule has 1 aromatic carbocycles. The number of pyridine rings is 1. The summed E-state index contributed by atoms with van der Waals surface area (Å²) in [7, 11) is 1.71. The van der Waals surface area contributed by atoms with Gasteiger partial charge in [0.05, 0.1) is 7.11 Å². The van der Waals surface area contributed by atoms with Crippen molar-refractivity contribution in [2.75, 3.05) is 12.4 Å². The lowest BCUT2D eigenvalue weighted by Gasteiger charge is -2.19. The fourth-order valence-electron chi connectivity index (χ4n) is 3.09. The zero-order chi connectivity index (χ0) is 13.5. The van der Waals surface area contributed by atoms with Crippen LogP contribution in [-0.4, -0.2) is 18.1 Å². The molecule has 0 bridgehead atoms. The third-order valence-electron chi connectivity index (χ3n) is 4.53. The number of hydrogen-bond donors (Lipinski definition) is 1. The van der Waals surface area contributed by atoms with Crippen LogP contribution in [0.4, 0.5) is 5.82 Å². The van der Waals surface area contributed by atoms with Crippen LogP contribution in [0.3, 0.4) is 0 Å². The molecule has 2 aliphatic carbocycles. The Morgan fingerprint density at radius 3 is 2.55 bits per heavy atom. The lowest BCUT2D eigenvalue weighted by Crippen LogP contribution is -2.24. The van der Waals surface area contributed by atoms with Crippen LogP contribution in [0, 0.1) is 11.8 Å². The first-order valence-electron chi connectivity index (χ1n) is 7.54. The van der Waals surface area contributed by atoms with Crippen LogP contribution in [0.15, 0.2) is 30.5 Å². The highest BCUT2D eigenvalue weighted by Gasteiger charge is 2.41. The van der Waals surface area contributed by atoms with E-state index in [1.54, 1.807) is 7.11 Å². The van der Waals surface area contributed by atoms with Crippen LogP contribution in [-0.2, 0) is 0 Å². The lowest BCUT2D eigenvalue weighted by molar-refractivity contribution is 0.415. The maximum atomic E-state index is 5.30. The molecule has 2 saturated carbocycles. The summed E-state index contributed by atoms with van der Waals surface area (Å²) in [5, 5.41) is 6.11. The van der Waals surface area contributed by atoms with Gasteiger partial charge in [-0.3, -0.25) is 0 Å². The van der Waals surface area contributed by atoms with Crippen LogP contribution in [0.5, 0.6) is 5.75 Å². The van der Waals surface area contributed by atoms with E-state index >= 15 is 0 Å². The molecule has 0 spiro atoms. The van der Waals surface area contributed by atoms with E-state index in [9.17, 15) is 0 Å². The number of anilines is 1. The van der Waals surface area contributed by atoms with Gasteiger partial charge in [0.25, 0.3) is 0 Å². The number of fused-ring (bicyclic) bond motifs is 1. The van der Waals surface area contributed by atoms with Gasteiger partial charge in [-0.15, -0.1) is 0 Å². The second-order valence-electron chi connectivity index (χ2n) is 6.09. The summed E-state index contributed by atoms with van der Waals surface area (Å²) in [6.45, 7) is 0. The molecule has 0 radical (unpaired) electrons. The van der Waals surface area contributed by atoms with Crippen molar-refractivity contribution < 1.29 is 4.74 Å². The topological polar surface area (TPSA) is 34.1 Å². The number of nitrogens with one attached hydrogen (secondary N) is 1. The molecule has 0 amide bonds. The van der Waals surface area contributed by atoms with Crippen LogP contribution in [0.2, 0.25) is 0 Å². The normalized spacial score (nSPS) is 18.5. The third-order valence-corrected chi connectivity index (χ3v) is 4.53. The Balaban J connectivity index is 1.68. The molecule has 1 N–H and O–H groups in total. The minimum atomic E-state index is 0.634. The van der Waals surface area contributed by atoms with Gasteiger partial charge in [0, 0.05) is 17.6 Å². The average Bonchev–Trinajstić information content (AvgIpc) is 3.37. The van der Waals surface area contributed by atoms with E-state index in [-0.39, 0.29) is 0 Å². The highest BCUT2D eigenvalue weighted by molar-refractivity contribution is 5.92. The van der Waals surface area contributed by atoms with Gasteiger partial charge in [-0.05, 0) is 67.2 Å². The van der Waals surface area contributed by atoms with E-state index in [4.69, 9.17) is 4.74 Å². The van der Waals surface area contributed by atoms with Gasteiger partial charge in [-0.2, -0.15) is 0 Å². The van der Waals surface area contributed by atoms with Crippen molar-refractivity contribution in [3.8, 4) is 5.75 Å². The van der Waals surface area contributed by atoms with Crippen molar-refractivity contribution in [1.29, 1.82) is 0 Å². The van der Waals surface area contributed by atoms with Crippen LogP contribution in [0.1, 0.15) is 25.7 Å². The van der Waals surface area contributed by atoms with Crippen molar-refractivity contribution in [3.63, 3.8) is 0 Å². The summed E-state index contributed by atoms with van der Waals surface area (Å²) in [5.74, 6) is 3.68. The maximum absolute atomic E-state index is 5.30. The first-order valence-corrected chi connectivity index (χ1v) is 7.54. The van der Waals surface area contributed by atoms with Crippen molar-refractivity contribution in [2.45, 2.75) is 31.7 Å². The number of aromatic nitrogens is 1. The average molecular weight is 268 g/mol. The third kappa shape index (κ3) is 2.21. The Morgan fingerprint density at radius 2 is 1.90 bits per heavy atom. The number of benzene rings is 1. The van der Waals surface area contributed by atoms with Gasteiger partial charge in [0.1, 0.15) is 11.6 Å². The van der Waals surface area contributed by atoms with Crippen LogP contribution >= 0.6 is 0 Å². The highest BCUT2D eigenvalue weighted by atomic mass is 16.5. The van der Waals surface area contributed by atoms with E-state index in [0.29, 0.717) is 6.04 Å². The Bertz CT molecular complexity index is 620. The predicted molar refractivity (Wildman–Crippen MR) is 81.2 cm³/mol. The molecule has 1 aromatic heterocycles. The first-order chi connectivity index (χ1) is 9.85. The fourth-order valence-corrected chi connectivity index (χ4v) is 3.09. The Kier molecular flexibility index (Phi) is 2.79. The lowest BCUT2D eigenvalue weighted by atomic mass is 10.1. The molecule has 0 aliphatic heterocycles. The molecule has 20 heavy (non-hydrogen) atoms. The van der Waals surface area contributed by atoms with E-state index < -0.39 is 0 Å². The standard InChI is InChI=1S/C17H20N2O/c1-20-14-6-7-15-13(10-14)8-9-18-17(15)19-16(11-2-3-11)12-4-5-12/h6-12,16H,2-5H2,1H3,(H,18,19). The summed E-state index contributed by atoms with van der Waals surface area (Å²) in [4.78, 5) is 4.57. The molecular weight excluding hydrogens is 248 g/mol. The quantitative estimate of drug-likeness (QED) is 0.894. The number of rotatable bonds is 5. The van der Waals surface area contributed by atoms with E-state index in [0.717, 1.165) is 23.4 Å². The van der Waals surface area contributed by atoms with Gasteiger partial charge in [-0.25, -0.2) is 4.98 Å². The summed E-state index contributed by atoms with van der Waals surface area (Å²) < 4.78 is 5.30. The predicted octanol–water partition coefficient (Wildman–Crippen LogP) is 3.84. The van der Waals surface area contributed by atoms with Gasteiger partial charge in [0.15, 0.2) is 0 Å². The van der Waals surface area contributed by atoms with Gasteiger partial charge >= 0.3 is 0 Å². The minimum Gasteiger partial charge on any atom is -0.497 e. The molecule has 4 rings (SSSR count). The van der Waals surface area contributed by atoms with E-state index in [1.165, 1.54) is 36.5 Å². The summed E-state index contributed by atoms with van der Waals surface area (Å²) in [5.41, 5.74) is 0. The van der Waals surface area contributed by atoms with E-state index in [1.807, 2.05) is 18.3 Å². The Morgan fingerprint density at radius 1 is 1.15 bits per heavy atom. The molecule has 3 heteroatoms. The molecule has 0 unspecified atom stereocenters. The van der Waals surface area contributed by atoms with Gasteiger partial charge < -0.3 is 10.1 Å². The largest absolute Gasteiger partial charge is 0.497 e. The number of ether oxygens (including phenoxy) is 1. The zero-order valence-electron chi connectivity index (χ0n) is 11.8. The minimum absolute atomic E-state index is 0.634. The molecule has 3 nitrogen and oxygen atoms in total. The monoisotopic (exact) mass is 268 g/mol. The summed E-state index contributed by atoms with van der Waals surface area (Å²) in [6, 6.07) is 8.88. The molecule has 2 aromatic rings. The number of nitrogens with zero attached hydrogens (tertiary/aromatic N) is 1. The van der Waals surface area contributed by atoms with Gasteiger partial charge in [-0.1, -0.05) is 0 Å². The van der Waals surface area contributed by atoms with Crippen molar-refractivity contribution in [2.24, 2.45) is 11.8 Å². The molecule has 2 aliphatic rings. The number of methoxy groups -OCH3 is 1. The summed E-state index contributed by atoms with van der Waals surface area (Å²) >= 11 is 0. The van der Waals surface area contributed by atoms with Crippen molar-refractivity contribution >= 4 is 16.6 Å². The van der Waals surface area contributed by atoms with Crippen molar-refractivity contribution in [1.82, 2.24) is 4.98 Å². The highest BCUT2D eigenvalue weighted by Crippen LogP contribution is 2.46. The van der Waals surface area contributed by atoms with Gasteiger partial charge in [0.2, 0.25) is 0 Å². The first kappa shape index (κ1) is 12.0. The SMILES string of the molecule is COc1ccc2c(NC(C3CC3)C3CC3)nccc2c1. The molecule has 0 saturated heterocycles. The molecule has 2 fully saturated rings. The van der Waals surface area contributed by atoms with Crippen LogP contribution in [0.25, 0.3) is 10.8 Å². The Labute approximate surface area is 119 Å². The maximum Gasteiger partial charge on any atom is 0.134 e. The molecule has 1 heterocycles. The molecular formula is C17H20N2O. The van der Waals surface area contributed by atoms with Crippen molar-refractivity contribution in [3.05, 3.63) is 30.5 Å². The number of hydrogen-bond acceptors (Lipinski definition) is 3. The summed E-state index contributed by atoms with van der Waals surface area (Å²) in [6.07, 6.45) is 7.42. The molecule has 104 valence electrons. The molecule has 0 atom stereocenters. The smallest absolute Gasteiger partial charge is 0.134 e. The zero-order valence-corrected chi connectivity index (χ0v) is 11.8. The fraction of sp³-hybridized carbons (Fsp3) is 0.471.